The summed E-state index contributed by atoms with van der Waals surface area (Å²) in [6.45, 7) is 1.63. The second-order valence-corrected chi connectivity index (χ2v) is 7.57. The number of phenols is 1. The van der Waals surface area contributed by atoms with Crippen LogP contribution >= 0.6 is 0 Å². The summed E-state index contributed by atoms with van der Waals surface area (Å²) < 4.78 is 28.4. The summed E-state index contributed by atoms with van der Waals surface area (Å²) in [7, 11) is 4.10. The summed E-state index contributed by atoms with van der Waals surface area (Å²) in [6.07, 6.45) is 0.999. The minimum absolute atomic E-state index is 0.0930. The molecule has 0 aliphatic carbocycles. The van der Waals surface area contributed by atoms with E-state index in [4.69, 9.17) is 4.98 Å². The molecule has 0 spiro atoms. The third-order valence-corrected chi connectivity index (χ3v) is 5.47. The second-order valence-electron chi connectivity index (χ2n) is 7.57. The summed E-state index contributed by atoms with van der Waals surface area (Å²) in [5, 5.41) is 10.3. The summed E-state index contributed by atoms with van der Waals surface area (Å²) in [5.41, 5.74) is 1.77. The predicted molar refractivity (Wildman–Crippen MR) is 111 cm³/mol. The van der Waals surface area contributed by atoms with Gasteiger partial charge in [-0.25, -0.2) is 13.8 Å². The largest absolute Gasteiger partial charge is 0.507 e. The molecule has 2 heterocycles. The summed E-state index contributed by atoms with van der Waals surface area (Å²) >= 11 is 0. The number of halogens is 2. The Labute approximate surface area is 169 Å². The van der Waals surface area contributed by atoms with E-state index < -0.39 is 11.6 Å². The minimum Gasteiger partial charge on any atom is -0.507 e. The van der Waals surface area contributed by atoms with Crippen LogP contribution in [0.3, 0.4) is 0 Å². The highest BCUT2D eigenvalue weighted by Gasteiger charge is 2.26. The molecule has 3 aromatic rings. The molecule has 6 heteroatoms. The van der Waals surface area contributed by atoms with Crippen molar-refractivity contribution < 1.29 is 13.9 Å². The quantitative estimate of drug-likeness (QED) is 0.704. The Kier molecular flexibility index (Phi) is 5.20. The molecular formula is C23H23F2N3O. The van der Waals surface area contributed by atoms with Crippen LogP contribution in [0.1, 0.15) is 6.42 Å². The highest BCUT2D eigenvalue weighted by Crippen LogP contribution is 2.35. The van der Waals surface area contributed by atoms with Gasteiger partial charge in [0.2, 0.25) is 0 Å². The fourth-order valence-corrected chi connectivity index (χ4v) is 3.76. The number of hydrogen-bond acceptors (Lipinski definition) is 4. The van der Waals surface area contributed by atoms with E-state index in [0.717, 1.165) is 25.6 Å². The molecule has 2 aromatic carbocycles. The molecule has 0 bridgehead atoms. The zero-order chi connectivity index (χ0) is 20.5. The molecule has 29 heavy (non-hydrogen) atoms. The van der Waals surface area contributed by atoms with E-state index in [-0.39, 0.29) is 11.3 Å². The summed E-state index contributed by atoms with van der Waals surface area (Å²) in [4.78, 5) is 9.08. The van der Waals surface area contributed by atoms with E-state index in [0.29, 0.717) is 28.7 Å². The van der Waals surface area contributed by atoms with Crippen LogP contribution in [-0.4, -0.2) is 48.2 Å². The number of pyridine rings is 1. The molecule has 150 valence electrons. The lowest BCUT2D eigenvalue weighted by Crippen LogP contribution is -2.31. The monoisotopic (exact) mass is 395 g/mol. The average molecular weight is 395 g/mol. The van der Waals surface area contributed by atoms with E-state index in [1.807, 2.05) is 20.2 Å². The topological polar surface area (TPSA) is 39.6 Å². The van der Waals surface area contributed by atoms with Crippen molar-refractivity contribution in [3.63, 3.8) is 0 Å². The molecule has 4 nitrogen and oxygen atoms in total. The fourth-order valence-electron chi connectivity index (χ4n) is 3.76. The van der Waals surface area contributed by atoms with Crippen molar-refractivity contribution in [2.24, 2.45) is 0 Å². The van der Waals surface area contributed by atoms with Crippen molar-refractivity contribution in [2.75, 3.05) is 32.1 Å². The first kappa shape index (κ1) is 19.3. The van der Waals surface area contributed by atoms with Crippen molar-refractivity contribution >= 4 is 5.82 Å². The van der Waals surface area contributed by atoms with Crippen molar-refractivity contribution in [1.29, 1.82) is 0 Å². The van der Waals surface area contributed by atoms with E-state index in [9.17, 15) is 13.9 Å². The zero-order valence-electron chi connectivity index (χ0n) is 16.4. The number of likely N-dealkylation sites (N-methyl/N-ethyl adjacent to an activating group) is 1. The molecule has 0 saturated carbocycles. The second kappa shape index (κ2) is 7.79. The van der Waals surface area contributed by atoms with Crippen LogP contribution in [-0.2, 0) is 0 Å². The lowest BCUT2D eigenvalue weighted by molar-refractivity contribution is 0.315. The number of rotatable bonds is 4. The first-order valence-electron chi connectivity index (χ1n) is 9.60. The van der Waals surface area contributed by atoms with Gasteiger partial charge in [0.25, 0.3) is 0 Å². The Balaban J connectivity index is 1.84. The number of aromatic hydroxyl groups is 1. The molecule has 1 aliphatic rings. The van der Waals surface area contributed by atoms with Crippen LogP contribution in [0.4, 0.5) is 14.6 Å². The molecule has 1 fully saturated rings. The first-order valence-corrected chi connectivity index (χ1v) is 9.60. The lowest BCUT2D eigenvalue weighted by Gasteiger charge is -2.22. The molecule has 1 unspecified atom stereocenters. The standard InChI is InChI=1S/C23H23F2N3O/c1-27(2)16-10-11-28(14-16)22-13-15(17-7-5-8-19(24)23(17)25)12-20(26-22)18-6-3-4-9-21(18)29/h3-9,12-13,16,29H,10-11,14H2,1-2H3. The molecule has 1 aromatic heterocycles. The minimum atomic E-state index is -0.890. The van der Waals surface area contributed by atoms with Gasteiger partial charge in [0.15, 0.2) is 11.6 Å². The van der Waals surface area contributed by atoms with Gasteiger partial charge in [-0.2, -0.15) is 0 Å². The van der Waals surface area contributed by atoms with Crippen molar-refractivity contribution in [3.05, 3.63) is 66.2 Å². The van der Waals surface area contributed by atoms with Crippen molar-refractivity contribution in [3.8, 4) is 28.1 Å². The van der Waals surface area contributed by atoms with Gasteiger partial charge in [-0.1, -0.05) is 24.3 Å². The number of para-hydroxylation sites is 1. The number of phenolic OH excluding ortho intramolecular Hbond substituents is 1. The molecule has 1 N–H and O–H groups in total. The smallest absolute Gasteiger partial charge is 0.166 e. The highest BCUT2D eigenvalue weighted by molar-refractivity contribution is 5.76. The maximum absolute atomic E-state index is 14.5. The number of nitrogens with zero attached hydrogens (tertiary/aromatic N) is 3. The summed E-state index contributed by atoms with van der Waals surface area (Å²) in [6, 6.07) is 14.9. The van der Waals surface area contributed by atoms with E-state index in [1.165, 1.54) is 6.07 Å². The zero-order valence-corrected chi connectivity index (χ0v) is 16.4. The molecule has 1 atom stereocenters. The van der Waals surface area contributed by atoms with Crippen LogP contribution < -0.4 is 4.90 Å². The normalized spacial score (nSPS) is 16.6. The molecule has 1 aliphatic heterocycles. The lowest BCUT2D eigenvalue weighted by atomic mass is 10.0. The predicted octanol–water partition coefficient (Wildman–Crippen LogP) is 4.54. The third-order valence-electron chi connectivity index (χ3n) is 5.47. The molecule has 0 radical (unpaired) electrons. The third kappa shape index (κ3) is 3.80. The Bertz CT molecular complexity index is 1040. The van der Waals surface area contributed by atoms with Gasteiger partial charge >= 0.3 is 0 Å². The van der Waals surface area contributed by atoms with Gasteiger partial charge in [-0.15, -0.1) is 0 Å². The average Bonchev–Trinajstić information content (AvgIpc) is 3.21. The van der Waals surface area contributed by atoms with E-state index in [2.05, 4.69) is 9.80 Å². The fraction of sp³-hybridized carbons (Fsp3) is 0.261. The maximum atomic E-state index is 14.5. The Morgan fingerprint density at radius 2 is 1.79 bits per heavy atom. The van der Waals surface area contributed by atoms with Gasteiger partial charge < -0.3 is 14.9 Å². The van der Waals surface area contributed by atoms with Crippen LogP contribution in [0.15, 0.2) is 54.6 Å². The molecule has 1 saturated heterocycles. The number of anilines is 1. The van der Waals surface area contributed by atoms with Gasteiger partial charge in [0.1, 0.15) is 11.6 Å². The van der Waals surface area contributed by atoms with E-state index >= 15 is 0 Å². The number of hydrogen-bond donors (Lipinski definition) is 1. The van der Waals surface area contributed by atoms with Gasteiger partial charge in [0.05, 0.1) is 5.69 Å². The number of aromatic nitrogens is 1. The number of benzene rings is 2. The van der Waals surface area contributed by atoms with Gasteiger partial charge in [-0.3, -0.25) is 0 Å². The highest BCUT2D eigenvalue weighted by atomic mass is 19.2. The first-order chi connectivity index (χ1) is 13.9. The molecular weight excluding hydrogens is 372 g/mol. The molecule has 0 amide bonds. The summed E-state index contributed by atoms with van der Waals surface area (Å²) in [5.74, 6) is -0.997. The van der Waals surface area contributed by atoms with Crippen LogP contribution in [0.25, 0.3) is 22.4 Å². The van der Waals surface area contributed by atoms with Crippen LogP contribution in [0.2, 0.25) is 0 Å². The Morgan fingerprint density at radius 3 is 2.52 bits per heavy atom. The Hall–Kier alpha value is -2.99. The van der Waals surface area contributed by atoms with Gasteiger partial charge in [0, 0.05) is 30.3 Å². The van der Waals surface area contributed by atoms with Crippen molar-refractivity contribution in [1.82, 2.24) is 9.88 Å². The van der Waals surface area contributed by atoms with Crippen molar-refractivity contribution in [2.45, 2.75) is 12.5 Å². The molecule has 4 rings (SSSR count). The SMILES string of the molecule is CN(C)C1CCN(c2cc(-c3cccc(F)c3F)cc(-c3ccccc3O)n2)C1. The van der Waals surface area contributed by atoms with Crippen LogP contribution in [0.5, 0.6) is 5.75 Å². The van der Waals surface area contributed by atoms with E-state index in [1.54, 1.807) is 36.4 Å². The maximum Gasteiger partial charge on any atom is 0.166 e. The Morgan fingerprint density at radius 1 is 1.03 bits per heavy atom. The van der Waals surface area contributed by atoms with Gasteiger partial charge in [-0.05, 0) is 56.4 Å². The van der Waals surface area contributed by atoms with Crippen LogP contribution in [0, 0.1) is 11.6 Å².